The van der Waals surface area contributed by atoms with E-state index in [0.29, 0.717) is 19.8 Å². The molecule has 6 heteroatoms. The van der Waals surface area contributed by atoms with Crippen molar-refractivity contribution in [2.24, 2.45) is 11.3 Å². The highest BCUT2D eigenvalue weighted by Crippen LogP contribution is 2.68. The van der Waals surface area contributed by atoms with E-state index in [2.05, 4.69) is 28.8 Å². The summed E-state index contributed by atoms with van der Waals surface area (Å²) < 4.78 is 11.4. The fourth-order valence-corrected chi connectivity index (χ4v) is 6.67. The molecule has 1 aliphatic carbocycles. The Hall–Kier alpha value is -1.89. The van der Waals surface area contributed by atoms with Gasteiger partial charge >= 0.3 is 5.97 Å². The summed E-state index contributed by atoms with van der Waals surface area (Å²) in [6.45, 7) is 3.33. The molecule has 0 aromatic heterocycles. The van der Waals surface area contributed by atoms with Gasteiger partial charge in [-0.1, -0.05) is 29.8 Å². The number of carbonyl (C=O) groups excluding carboxylic acids is 1. The minimum absolute atomic E-state index is 0.0889. The molecule has 5 atom stereocenters. The number of carbonyl (C=O) groups is 1. The molecule has 1 aromatic carbocycles. The van der Waals surface area contributed by atoms with Crippen molar-refractivity contribution in [1.29, 1.82) is 0 Å². The Bertz CT molecular complexity index is 839. The number of aliphatic hydroxyl groups is 1. The van der Waals surface area contributed by atoms with Gasteiger partial charge in [0.15, 0.2) is 0 Å². The number of esters is 1. The molecular weight excluding hydrogens is 344 g/mol. The first-order chi connectivity index (χ1) is 13.1. The Balaban J connectivity index is 1.87. The monoisotopic (exact) mass is 370 g/mol. The van der Waals surface area contributed by atoms with Gasteiger partial charge in [-0.25, -0.2) is 0 Å². The van der Waals surface area contributed by atoms with Gasteiger partial charge in [0.05, 0.1) is 37.9 Å². The van der Waals surface area contributed by atoms with Gasteiger partial charge in [-0.3, -0.25) is 4.79 Å². The molecule has 0 radical (unpaired) electrons. The topological polar surface area (TPSA) is 79.8 Å². The van der Waals surface area contributed by atoms with Crippen molar-refractivity contribution in [3.63, 3.8) is 0 Å². The zero-order valence-corrected chi connectivity index (χ0v) is 15.7. The molecule has 2 saturated heterocycles. The van der Waals surface area contributed by atoms with E-state index >= 15 is 0 Å². The Morgan fingerprint density at radius 2 is 2.22 bits per heavy atom. The third kappa shape index (κ3) is 1.67. The Morgan fingerprint density at radius 1 is 1.41 bits per heavy atom. The molecule has 0 amide bonds. The van der Waals surface area contributed by atoms with Gasteiger partial charge in [0, 0.05) is 24.2 Å². The van der Waals surface area contributed by atoms with Crippen LogP contribution in [0.2, 0.25) is 0 Å². The van der Waals surface area contributed by atoms with Crippen molar-refractivity contribution in [1.82, 2.24) is 5.32 Å². The SMILES string of the molecule is C/C=C1\CNC2CC1C(CO)(C(=O)OC)C13COCC21Nc1ccccc13. The number of hydrogen-bond acceptors (Lipinski definition) is 6. The van der Waals surface area contributed by atoms with Gasteiger partial charge in [0.1, 0.15) is 5.41 Å². The van der Waals surface area contributed by atoms with Gasteiger partial charge in [0.25, 0.3) is 0 Å². The molecule has 3 heterocycles. The zero-order chi connectivity index (χ0) is 18.9. The number of piperidine rings is 1. The van der Waals surface area contributed by atoms with Gasteiger partial charge in [0.2, 0.25) is 0 Å². The third-order valence-electron chi connectivity index (χ3n) is 7.75. The van der Waals surface area contributed by atoms with E-state index in [1.54, 1.807) is 0 Å². The highest BCUT2D eigenvalue weighted by molar-refractivity contribution is 5.85. The van der Waals surface area contributed by atoms with Crippen LogP contribution in [-0.2, 0) is 19.7 Å². The molecule has 3 aliphatic heterocycles. The number of nitrogens with one attached hydrogen (secondary N) is 2. The van der Waals surface area contributed by atoms with Crippen LogP contribution in [0.1, 0.15) is 18.9 Å². The van der Waals surface area contributed by atoms with E-state index in [-0.39, 0.29) is 24.5 Å². The lowest BCUT2D eigenvalue weighted by Crippen LogP contribution is -2.79. The second kappa shape index (κ2) is 5.56. The minimum atomic E-state index is -1.09. The number of ether oxygens (including phenoxy) is 2. The van der Waals surface area contributed by atoms with E-state index in [1.165, 1.54) is 7.11 Å². The largest absolute Gasteiger partial charge is 0.468 e. The van der Waals surface area contributed by atoms with Gasteiger partial charge in [-0.2, -0.15) is 0 Å². The van der Waals surface area contributed by atoms with Crippen LogP contribution in [0.15, 0.2) is 35.9 Å². The van der Waals surface area contributed by atoms with Crippen LogP contribution in [0.3, 0.4) is 0 Å². The zero-order valence-electron chi connectivity index (χ0n) is 15.7. The second-order valence-corrected chi connectivity index (χ2v) is 8.25. The van der Waals surface area contributed by atoms with Crippen molar-refractivity contribution >= 4 is 11.7 Å². The summed E-state index contributed by atoms with van der Waals surface area (Å²) in [5.74, 6) is -0.433. The van der Waals surface area contributed by atoms with Crippen LogP contribution in [0.25, 0.3) is 0 Å². The van der Waals surface area contributed by atoms with Crippen LogP contribution < -0.4 is 10.6 Å². The number of fused-ring (bicyclic) bond motifs is 3. The number of rotatable bonds is 2. The number of hydrogen-bond donors (Lipinski definition) is 3. The molecule has 1 aromatic rings. The number of anilines is 1. The summed E-state index contributed by atoms with van der Waals surface area (Å²) in [7, 11) is 1.42. The molecule has 2 bridgehead atoms. The number of benzene rings is 1. The maximum absolute atomic E-state index is 13.5. The first-order valence-electron chi connectivity index (χ1n) is 9.64. The van der Waals surface area contributed by atoms with Crippen LogP contribution in [-0.4, -0.2) is 56.1 Å². The molecule has 6 nitrogen and oxygen atoms in total. The van der Waals surface area contributed by atoms with E-state index in [1.807, 2.05) is 19.1 Å². The molecule has 4 aliphatic rings. The summed E-state index contributed by atoms with van der Waals surface area (Å²) >= 11 is 0. The van der Waals surface area contributed by atoms with Gasteiger partial charge in [-0.15, -0.1) is 0 Å². The predicted octanol–water partition coefficient (Wildman–Crippen LogP) is 1.21. The van der Waals surface area contributed by atoms with Crippen LogP contribution in [0.5, 0.6) is 0 Å². The summed E-state index contributed by atoms with van der Waals surface area (Å²) in [6, 6.07) is 8.27. The van der Waals surface area contributed by atoms with Gasteiger partial charge in [-0.05, 0) is 25.0 Å². The molecule has 27 heavy (non-hydrogen) atoms. The summed E-state index contributed by atoms with van der Waals surface area (Å²) in [6.07, 6.45) is 2.84. The smallest absolute Gasteiger partial charge is 0.315 e. The molecule has 3 N–H and O–H groups in total. The van der Waals surface area contributed by atoms with Crippen molar-refractivity contribution in [2.75, 3.05) is 38.8 Å². The Kier molecular flexibility index (Phi) is 3.55. The molecule has 0 spiro atoms. The molecule has 5 rings (SSSR count). The number of methoxy groups -OCH3 is 1. The normalized spacial score (nSPS) is 42.9. The highest BCUT2D eigenvalue weighted by Gasteiger charge is 2.80. The van der Waals surface area contributed by atoms with E-state index in [4.69, 9.17) is 9.47 Å². The summed E-state index contributed by atoms with van der Waals surface area (Å²) in [4.78, 5) is 13.5. The minimum Gasteiger partial charge on any atom is -0.468 e. The lowest BCUT2D eigenvalue weighted by molar-refractivity contribution is -0.176. The van der Waals surface area contributed by atoms with Crippen molar-refractivity contribution in [2.45, 2.75) is 30.3 Å². The van der Waals surface area contributed by atoms with Crippen LogP contribution in [0.4, 0.5) is 5.69 Å². The maximum atomic E-state index is 13.5. The van der Waals surface area contributed by atoms with Crippen molar-refractivity contribution in [3.8, 4) is 0 Å². The molecule has 3 fully saturated rings. The molecule has 5 unspecified atom stereocenters. The number of para-hydroxylation sites is 1. The predicted molar refractivity (Wildman–Crippen MR) is 100 cm³/mol. The molecule has 1 saturated carbocycles. The highest BCUT2D eigenvalue weighted by atomic mass is 16.5. The van der Waals surface area contributed by atoms with Gasteiger partial charge < -0.3 is 25.2 Å². The van der Waals surface area contributed by atoms with E-state index < -0.39 is 16.4 Å². The van der Waals surface area contributed by atoms with Crippen LogP contribution >= 0.6 is 0 Å². The Labute approximate surface area is 158 Å². The maximum Gasteiger partial charge on any atom is 0.315 e. The van der Waals surface area contributed by atoms with Crippen LogP contribution in [0, 0.1) is 11.3 Å². The second-order valence-electron chi connectivity index (χ2n) is 8.25. The van der Waals surface area contributed by atoms with E-state index in [0.717, 1.165) is 23.2 Å². The average Bonchev–Trinajstić information content (AvgIpc) is 3.22. The molecular formula is C21H26N2O4. The summed E-state index contributed by atoms with van der Waals surface area (Å²) in [5, 5.41) is 18.3. The number of allylic oxidation sites excluding steroid dienone is 1. The van der Waals surface area contributed by atoms with Crippen molar-refractivity contribution in [3.05, 3.63) is 41.5 Å². The third-order valence-corrected chi connectivity index (χ3v) is 7.75. The standard InChI is InChI=1S/C21H26N2O4/c1-3-13-9-22-17-8-15(13)19(10-24,18(25)26-2)20-11-27-12-21(17,20)23-16-7-5-4-6-14(16)20/h3-7,15,17,22-24H,8-12H2,1-2H3/b13-3+. The van der Waals surface area contributed by atoms with E-state index in [9.17, 15) is 9.90 Å². The fraction of sp³-hybridized carbons (Fsp3) is 0.571. The lowest BCUT2D eigenvalue weighted by atomic mass is 9.42. The first kappa shape index (κ1) is 17.2. The summed E-state index contributed by atoms with van der Waals surface area (Å²) in [5.41, 5.74) is 0.981. The molecule has 144 valence electrons. The lowest BCUT2D eigenvalue weighted by Gasteiger charge is -2.63. The quantitative estimate of drug-likeness (QED) is 0.536. The number of aliphatic hydroxyl groups excluding tert-OH is 1. The average molecular weight is 370 g/mol. The van der Waals surface area contributed by atoms with Crippen molar-refractivity contribution < 1.29 is 19.4 Å². The fourth-order valence-electron chi connectivity index (χ4n) is 6.67. The first-order valence-corrected chi connectivity index (χ1v) is 9.64. The Morgan fingerprint density at radius 3 is 2.96 bits per heavy atom.